The number of nitrogens with one attached hydrogen (secondary N) is 2. The standard InChI is InChI=1S/C18H30N4O4S/c1-6-22(7-2)27(25,26)15-10-14(9-8-13(15)5)21-16(23)11-20-18(24)17(19)12(3)4/h8-10,12,17H,6-7,11,19H2,1-5H3,(H,20,24)(H,21,23)/t17-/m0/s1. The van der Waals surface area contributed by atoms with Crippen LogP contribution in [0.5, 0.6) is 0 Å². The lowest BCUT2D eigenvalue weighted by molar-refractivity contribution is -0.125. The second-order valence-electron chi connectivity index (χ2n) is 6.61. The molecule has 0 saturated heterocycles. The fourth-order valence-corrected chi connectivity index (χ4v) is 4.16. The minimum Gasteiger partial charge on any atom is -0.346 e. The molecule has 27 heavy (non-hydrogen) atoms. The molecule has 1 aromatic carbocycles. The number of hydrogen-bond donors (Lipinski definition) is 3. The van der Waals surface area contributed by atoms with Crippen molar-refractivity contribution in [1.82, 2.24) is 9.62 Å². The highest BCUT2D eigenvalue weighted by Gasteiger charge is 2.24. The third-order valence-electron chi connectivity index (χ3n) is 4.24. The SMILES string of the molecule is CCN(CC)S(=O)(=O)c1cc(NC(=O)CNC(=O)[C@@H](N)C(C)C)ccc1C. The molecule has 8 nitrogen and oxygen atoms in total. The lowest BCUT2D eigenvalue weighted by Crippen LogP contribution is -2.46. The van der Waals surface area contributed by atoms with Crippen LogP contribution < -0.4 is 16.4 Å². The van der Waals surface area contributed by atoms with Gasteiger partial charge in [-0.3, -0.25) is 9.59 Å². The summed E-state index contributed by atoms with van der Waals surface area (Å²) in [6, 6.07) is 4.00. The van der Waals surface area contributed by atoms with Crippen LogP contribution in [0.25, 0.3) is 0 Å². The van der Waals surface area contributed by atoms with Gasteiger partial charge in [-0.15, -0.1) is 0 Å². The highest BCUT2D eigenvalue weighted by atomic mass is 32.2. The summed E-state index contributed by atoms with van der Waals surface area (Å²) in [4.78, 5) is 24.0. The molecule has 1 atom stereocenters. The zero-order valence-electron chi connectivity index (χ0n) is 16.6. The van der Waals surface area contributed by atoms with Gasteiger partial charge in [-0.2, -0.15) is 4.31 Å². The van der Waals surface area contributed by atoms with Crippen molar-refractivity contribution in [3.8, 4) is 0 Å². The normalized spacial score (nSPS) is 12.9. The molecular formula is C18H30N4O4S. The van der Waals surface area contributed by atoms with Gasteiger partial charge in [-0.1, -0.05) is 33.8 Å². The maximum absolute atomic E-state index is 12.7. The second-order valence-corrected chi connectivity index (χ2v) is 8.51. The third kappa shape index (κ3) is 6.02. The summed E-state index contributed by atoms with van der Waals surface area (Å²) in [6.45, 7) is 9.34. The van der Waals surface area contributed by atoms with Crippen molar-refractivity contribution >= 4 is 27.5 Å². The molecule has 0 aliphatic rings. The van der Waals surface area contributed by atoms with Gasteiger partial charge in [0.2, 0.25) is 21.8 Å². The van der Waals surface area contributed by atoms with E-state index in [1.165, 1.54) is 10.4 Å². The molecule has 0 bridgehead atoms. The molecule has 4 N–H and O–H groups in total. The summed E-state index contributed by atoms with van der Waals surface area (Å²) in [6.07, 6.45) is 0. The maximum Gasteiger partial charge on any atom is 0.243 e. The van der Waals surface area contributed by atoms with Crippen LogP contribution in [0.15, 0.2) is 23.1 Å². The van der Waals surface area contributed by atoms with Crippen molar-refractivity contribution < 1.29 is 18.0 Å². The van der Waals surface area contributed by atoms with Gasteiger partial charge in [-0.05, 0) is 30.5 Å². The number of carbonyl (C=O) groups excluding carboxylic acids is 2. The molecule has 152 valence electrons. The molecule has 1 rings (SSSR count). The zero-order chi connectivity index (χ0) is 20.8. The molecule has 9 heteroatoms. The van der Waals surface area contributed by atoms with E-state index in [0.29, 0.717) is 24.3 Å². The van der Waals surface area contributed by atoms with E-state index in [4.69, 9.17) is 5.73 Å². The number of rotatable bonds is 9. The molecule has 2 amide bonds. The minimum absolute atomic E-state index is 0.0435. The quantitative estimate of drug-likeness (QED) is 0.574. The van der Waals surface area contributed by atoms with Crippen molar-refractivity contribution in [2.75, 3.05) is 25.0 Å². The van der Waals surface area contributed by atoms with E-state index in [1.807, 2.05) is 13.8 Å². The predicted octanol–water partition coefficient (Wildman–Crippen LogP) is 1.06. The van der Waals surface area contributed by atoms with Crippen molar-refractivity contribution in [2.45, 2.75) is 45.6 Å². The number of sulfonamides is 1. The van der Waals surface area contributed by atoms with Crippen molar-refractivity contribution in [3.63, 3.8) is 0 Å². The van der Waals surface area contributed by atoms with Gasteiger partial charge >= 0.3 is 0 Å². The minimum atomic E-state index is -3.64. The van der Waals surface area contributed by atoms with Crippen LogP contribution in [0.2, 0.25) is 0 Å². The van der Waals surface area contributed by atoms with E-state index in [-0.39, 0.29) is 17.4 Å². The fraction of sp³-hybridized carbons (Fsp3) is 0.556. The molecule has 0 fully saturated rings. The number of benzene rings is 1. The maximum atomic E-state index is 12.7. The first-order chi connectivity index (χ1) is 12.5. The second kappa shape index (κ2) is 9.82. The summed E-state index contributed by atoms with van der Waals surface area (Å²) >= 11 is 0. The van der Waals surface area contributed by atoms with Gasteiger partial charge in [0.1, 0.15) is 0 Å². The van der Waals surface area contributed by atoms with Crippen molar-refractivity contribution in [1.29, 1.82) is 0 Å². The van der Waals surface area contributed by atoms with E-state index >= 15 is 0 Å². The Morgan fingerprint density at radius 3 is 2.30 bits per heavy atom. The lowest BCUT2D eigenvalue weighted by atomic mass is 10.1. The van der Waals surface area contributed by atoms with Crippen LogP contribution >= 0.6 is 0 Å². The smallest absolute Gasteiger partial charge is 0.243 e. The molecule has 0 unspecified atom stereocenters. The van der Waals surface area contributed by atoms with Crippen LogP contribution in [0, 0.1) is 12.8 Å². The number of hydrogen-bond acceptors (Lipinski definition) is 5. The van der Waals surface area contributed by atoms with Gasteiger partial charge in [0.15, 0.2) is 0 Å². The van der Waals surface area contributed by atoms with E-state index < -0.39 is 27.9 Å². The monoisotopic (exact) mass is 398 g/mol. The Bertz CT molecular complexity index is 774. The van der Waals surface area contributed by atoms with Crippen LogP contribution in [-0.4, -0.2) is 50.2 Å². The highest BCUT2D eigenvalue weighted by Crippen LogP contribution is 2.23. The number of amides is 2. The molecule has 0 aliphatic carbocycles. The summed E-state index contributed by atoms with van der Waals surface area (Å²) in [5.74, 6) is -0.916. The number of nitrogens with zero attached hydrogens (tertiary/aromatic N) is 1. The summed E-state index contributed by atoms with van der Waals surface area (Å²) in [5, 5.41) is 5.08. The summed E-state index contributed by atoms with van der Waals surface area (Å²) < 4.78 is 26.9. The summed E-state index contributed by atoms with van der Waals surface area (Å²) in [5.41, 5.74) is 6.66. The van der Waals surface area contributed by atoms with Gasteiger partial charge in [0, 0.05) is 18.8 Å². The van der Waals surface area contributed by atoms with Crippen LogP contribution in [0.3, 0.4) is 0 Å². The molecule has 0 aromatic heterocycles. The van der Waals surface area contributed by atoms with Crippen LogP contribution in [-0.2, 0) is 19.6 Å². The number of anilines is 1. The molecule has 0 aliphatic heterocycles. The fourth-order valence-electron chi connectivity index (χ4n) is 2.45. The van der Waals surface area contributed by atoms with Gasteiger partial charge in [0.05, 0.1) is 17.5 Å². The topological polar surface area (TPSA) is 122 Å². The average Bonchev–Trinajstić information content (AvgIpc) is 2.61. The summed E-state index contributed by atoms with van der Waals surface area (Å²) in [7, 11) is -3.64. The molecular weight excluding hydrogens is 368 g/mol. The first-order valence-electron chi connectivity index (χ1n) is 8.98. The Hall–Kier alpha value is -1.97. The molecule has 1 aromatic rings. The largest absolute Gasteiger partial charge is 0.346 e. The number of carbonyl (C=O) groups is 2. The number of nitrogens with two attached hydrogens (primary N) is 1. The Balaban J connectivity index is 2.89. The first kappa shape index (κ1) is 23.1. The van der Waals surface area contributed by atoms with Gasteiger partial charge in [-0.25, -0.2) is 8.42 Å². The predicted molar refractivity (Wildman–Crippen MR) is 106 cm³/mol. The molecule has 0 saturated carbocycles. The van der Waals surface area contributed by atoms with E-state index in [0.717, 1.165) is 0 Å². The Morgan fingerprint density at radius 2 is 1.78 bits per heavy atom. The molecule has 0 radical (unpaired) electrons. The molecule has 0 heterocycles. The Morgan fingerprint density at radius 1 is 1.19 bits per heavy atom. The molecule has 0 spiro atoms. The van der Waals surface area contributed by atoms with E-state index in [1.54, 1.807) is 32.9 Å². The van der Waals surface area contributed by atoms with Crippen molar-refractivity contribution in [2.24, 2.45) is 11.7 Å². The number of aryl methyl sites for hydroxylation is 1. The first-order valence-corrected chi connectivity index (χ1v) is 10.4. The lowest BCUT2D eigenvalue weighted by Gasteiger charge is -2.20. The van der Waals surface area contributed by atoms with Gasteiger partial charge < -0.3 is 16.4 Å². The van der Waals surface area contributed by atoms with Crippen LogP contribution in [0.1, 0.15) is 33.3 Å². The van der Waals surface area contributed by atoms with E-state index in [9.17, 15) is 18.0 Å². The highest BCUT2D eigenvalue weighted by molar-refractivity contribution is 7.89. The van der Waals surface area contributed by atoms with Gasteiger partial charge in [0.25, 0.3) is 0 Å². The third-order valence-corrected chi connectivity index (χ3v) is 6.43. The van der Waals surface area contributed by atoms with Crippen LogP contribution in [0.4, 0.5) is 5.69 Å². The zero-order valence-corrected chi connectivity index (χ0v) is 17.4. The Kier molecular flexibility index (Phi) is 8.39. The Labute approximate surface area is 161 Å². The van der Waals surface area contributed by atoms with Crippen molar-refractivity contribution in [3.05, 3.63) is 23.8 Å². The average molecular weight is 399 g/mol. The van der Waals surface area contributed by atoms with E-state index in [2.05, 4.69) is 10.6 Å².